The molecule has 0 amide bonds. The molecule has 0 radical (unpaired) electrons. The average molecular weight is 318 g/mol. The molecule has 0 bridgehead atoms. The van der Waals surface area contributed by atoms with Crippen LogP contribution in [0.3, 0.4) is 0 Å². The molecule has 7 nitrogen and oxygen atoms in total. The van der Waals surface area contributed by atoms with E-state index in [2.05, 4.69) is 4.72 Å². The third kappa shape index (κ3) is 5.60. The minimum Gasteiger partial charge on any atom is -0.497 e. The second kappa shape index (κ2) is 8.30. The van der Waals surface area contributed by atoms with Crippen LogP contribution in [-0.2, 0) is 21.5 Å². The van der Waals surface area contributed by atoms with Gasteiger partial charge in [-0.1, -0.05) is 12.1 Å². The van der Waals surface area contributed by atoms with Gasteiger partial charge in [0.25, 0.3) is 10.2 Å². The molecule has 1 rings (SSSR count). The maximum absolute atomic E-state index is 12.2. The number of aliphatic hydroxyl groups is 1. The molecule has 0 aliphatic carbocycles. The van der Waals surface area contributed by atoms with E-state index < -0.39 is 16.3 Å². The average Bonchev–Trinajstić information content (AvgIpc) is 2.46. The summed E-state index contributed by atoms with van der Waals surface area (Å²) in [6, 6.07) is 6.49. The normalized spacial score (nSPS) is 13.4. The summed E-state index contributed by atoms with van der Waals surface area (Å²) < 4.78 is 37.8. The van der Waals surface area contributed by atoms with Crippen molar-refractivity contribution in [3.8, 4) is 5.75 Å². The first kappa shape index (κ1) is 17.9. The van der Waals surface area contributed by atoms with Gasteiger partial charge < -0.3 is 14.6 Å². The number of aliphatic hydroxyl groups excluding tert-OH is 1. The lowest BCUT2D eigenvalue weighted by atomic mass is 10.2. The van der Waals surface area contributed by atoms with Gasteiger partial charge in [-0.05, 0) is 17.7 Å². The molecule has 0 aliphatic rings. The fourth-order valence-electron chi connectivity index (χ4n) is 1.74. The minimum absolute atomic E-state index is 0.0999. The van der Waals surface area contributed by atoms with Gasteiger partial charge >= 0.3 is 0 Å². The Kier molecular flexibility index (Phi) is 7.06. The second-order valence-corrected chi connectivity index (χ2v) is 6.37. The number of rotatable bonds is 9. The van der Waals surface area contributed by atoms with Crippen molar-refractivity contribution in [2.24, 2.45) is 0 Å². The Morgan fingerprint density at radius 2 is 2.10 bits per heavy atom. The van der Waals surface area contributed by atoms with Crippen LogP contribution in [-0.4, -0.2) is 58.4 Å². The quantitative estimate of drug-likeness (QED) is 0.667. The van der Waals surface area contributed by atoms with Gasteiger partial charge in [0.1, 0.15) is 5.75 Å². The highest BCUT2D eigenvalue weighted by atomic mass is 32.2. The molecule has 0 saturated carbocycles. The lowest BCUT2D eigenvalue weighted by Gasteiger charge is -2.22. The van der Waals surface area contributed by atoms with Gasteiger partial charge in [-0.3, -0.25) is 0 Å². The fraction of sp³-hybridized carbons (Fsp3) is 0.538. The van der Waals surface area contributed by atoms with E-state index in [0.29, 0.717) is 5.75 Å². The van der Waals surface area contributed by atoms with E-state index in [0.717, 1.165) is 5.56 Å². The molecule has 21 heavy (non-hydrogen) atoms. The number of methoxy groups -OCH3 is 2. The molecule has 0 fully saturated rings. The number of hydrogen-bond donors (Lipinski definition) is 2. The largest absolute Gasteiger partial charge is 0.497 e. The van der Waals surface area contributed by atoms with Crippen molar-refractivity contribution in [3.05, 3.63) is 29.8 Å². The maximum atomic E-state index is 12.2. The number of benzene rings is 1. The van der Waals surface area contributed by atoms with E-state index in [-0.39, 0.29) is 19.8 Å². The fourth-order valence-corrected chi connectivity index (χ4v) is 2.80. The molecule has 0 aromatic heterocycles. The standard InChI is InChI=1S/C13H22N2O5S/c1-15(8-11-5-4-6-13(7-11)20-3)21(17,18)14-12(9-16)10-19-2/h4-7,12,14,16H,8-10H2,1-3H3. The van der Waals surface area contributed by atoms with Crippen LogP contribution >= 0.6 is 0 Å². The van der Waals surface area contributed by atoms with Crippen LogP contribution in [0.5, 0.6) is 5.75 Å². The number of nitrogens with zero attached hydrogens (tertiary/aromatic N) is 1. The van der Waals surface area contributed by atoms with Crippen molar-refractivity contribution in [3.63, 3.8) is 0 Å². The molecule has 1 atom stereocenters. The SMILES string of the molecule is COCC(CO)NS(=O)(=O)N(C)Cc1cccc(OC)c1. The minimum atomic E-state index is -3.71. The highest BCUT2D eigenvalue weighted by Gasteiger charge is 2.22. The van der Waals surface area contributed by atoms with Gasteiger partial charge in [0, 0.05) is 20.7 Å². The molecule has 0 saturated heterocycles. The monoisotopic (exact) mass is 318 g/mol. The third-order valence-electron chi connectivity index (χ3n) is 2.85. The Morgan fingerprint density at radius 3 is 2.67 bits per heavy atom. The smallest absolute Gasteiger partial charge is 0.279 e. The van der Waals surface area contributed by atoms with Gasteiger partial charge in [-0.2, -0.15) is 17.4 Å². The highest BCUT2D eigenvalue weighted by Crippen LogP contribution is 2.14. The zero-order valence-electron chi connectivity index (χ0n) is 12.4. The Hall–Kier alpha value is -1.19. The molecular weight excluding hydrogens is 296 g/mol. The lowest BCUT2D eigenvalue weighted by molar-refractivity contribution is 0.138. The molecule has 0 heterocycles. The van der Waals surface area contributed by atoms with Crippen molar-refractivity contribution >= 4 is 10.2 Å². The van der Waals surface area contributed by atoms with Crippen LogP contribution < -0.4 is 9.46 Å². The number of nitrogens with one attached hydrogen (secondary N) is 1. The molecular formula is C13H22N2O5S. The summed E-state index contributed by atoms with van der Waals surface area (Å²) in [5.41, 5.74) is 0.800. The first-order chi connectivity index (χ1) is 9.92. The Balaban J connectivity index is 2.74. The molecule has 0 spiro atoms. The summed E-state index contributed by atoms with van der Waals surface area (Å²) in [4.78, 5) is 0. The first-order valence-corrected chi connectivity index (χ1v) is 7.83. The predicted molar refractivity (Wildman–Crippen MR) is 79.3 cm³/mol. The summed E-state index contributed by atoms with van der Waals surface area (Å²) in [6.07, 6.45) is 0. The zero-order valence-corrected chi connectivity index (χ0v) is 13.3. The van der Waals surface area contributed by atoms with Crippen molar-refractivity contribution in [1.82, 2.24) is 9.03 Å². The summed E-state index contributed by atoms with van der Waals surface area (Å²) in [7, 11) is 0.747. The summed E-state index contributed by atoms with van der Waals surface area (Å²) >= 11 is 0. The Labute approximate surface area is 125 Å². The van der Waals surface area contributed by atoms with E-state index in [9.17, 15) is 8.42 Å². The van der Waals surface area contributed by atoms with Gasteiger partial charge in [-0.15, -0.1) is 0 Å². The lowest BCUT2D eigenvalue weighted by Crippen LogP contribution is -2.46. The topological polar surface area (TPSA) is 88.1 Å². The van der Waals surface area contributed by atoms with Gasteiger partial charge in [-0.25, -0.2) is 0 Å². The first-order valence-electron chi connectivity index (χ1n) is 6.39. The van der Waals surface area contributed by atoms with E-state index in [1.165, 1.54) is 18.5 Å². The van der Waals surface area contributed by atoms with E-state index in [1.807, 2.05) is 6.07 Å². The van der Waals surface area contributed by atoms with E-state index >= 15 is 0 Å². The zero-order chi connectivity index (χ0) is 15.9. The van der Waals surface area contributed by atoms with Crippen LogP contribution in [0.25, 0.3) is 0 Å². The number of ether oxygens (including phenoxy) is 2. The summed E-state index contributed by atoms with van der Waals surface area (Å²) in [5.74, 6) is 0.666. The van der Waals surface area contributed by atoms with Crippen molar-refractivity contribution in [2.45, 2.75) is 12.6 Å². The van der Waals surface area contributed by atoms with Gasteiger partial charge in [0.2, 0.25) is 0 Å². The van der Waals surface area contributed by atoms with Gasteiger partial charge in [0.05, 0.1) is 26.4 Å². The molecule has 1 aromatic rings. The molecule has 1 aromatic carbocycles. The van der Waals surface area contributed by atoms with Crippen LogP contribution in [0.4, 0.5) is 0 Å². The van der Waals surface area contributed by atoms with Crippen LogP contribution in [0, 0.1) is 0 Å². The Morgan fingerprint density at radius 1 is 1.38 bits per heavy atom. The number of hydrogen-bond acceptors (Lipinski definition) is 5. The molecule has 120 valence electrons. The molecule has 1 unspecified atom stereocenters. The van der Waals surface area contributed by atoms with Gasteiger partial charge in [0.15, 0.2) is 0 Å². The van der Waals surface area contributed by atoms with Crippen LogP contribution in [0.1, 0.15) is 5.56 Å². The predicted octanol–water partition coefficient (Wildman–Crippen LogP) is -0.0313. The van der Waals surface area contributed by atoms with Crippen LogP contribution in [0.15, 0.2) is 24.3 Å². The van der Waals surface area contributed by atoms with Crippen LogP contribution in [0.2, 0.25) is 0 Å². The van der Waals surface area contributed by atoms with E-state index in [1.54, 1.807) is 25.3 Å². The van der Waals surface area contributed by atoms with Crippen molar-refractivity contribution < 1.29 is 23.0 Å². The summed E-state index contributed by atoms with van der Waals surface area (Å²) in [6.45, 7) is -0.0412. The molecule has 0 aliphatic heterocycles. The molecule has 2 N–H and O–H groups in total. The third-order valence-corrected chi connectivity index (χ3v) is 4.43. The highest BCUT2D eigenvalue weighted by molar-refractivity contribution is 7.87. The summed E-state index contributed by atoms with van der Waals surface area (Å²) in [5, 5.41) is 9.12. The van der Waals surface area contributed by atoms with Crippen molar-refractivity contribution in [2.75, 3.05) is 34.5 Å². The Bertz CT molecular complexity index is 535. The molecule has 8 heteroatoms. The maximum Gasteiger partial charge on any atom is 0.279 e. The van der Waals surface area contributed by atoms with E-state index in [4.69, 9.17) is 14.6 Å². The van der Waals surface area contributed by atoms with Crippen molar-refractivity contribution in [1.29, 1.82) is 0 Å². The second-order valence-electron chi connectivity index (χ2n) is 4.57.